The normalized spacial score (nSPS) is 16.5. The molecule has 0 spiro atoms. The number of thiophene rings is 1. The quantitative estimate of drug-likeness (QED) is 0.129. The topological polar surface area (TPSA) is 85.1 Å². The van der Waals surface area contributed by atoms with Gasteiger partial charge in [0.25, 0.3) is 0 Å². The predicted molar refractivity (Wildman–Crippen MR) is 183 cm³/mol. The molecule has 0 aliphatic heterocycles. The van der Waals surface area contributed by atoms with Crippen molar-refractivity contribution in [2.45, 2.75) is 51.0 Å². The summed E-state index contributed by atoms with van der Waals surface area (Å²) in [5.41, 5.74) is 10.5. The van der Waals surface area contributed by atoms with Gasteiger partial charge in [0, 0.05) is 51.7 Å². The Hall–Kier alpha value is -4.76. The summed E-state index contributed by atoms with van der Waals surface area (Å²) in [7, 11) is 0. The van der Waals surface area contributed by atoms with Gasteiger partial charge in [0.1, 0.15) is 11.6 Å². The fourth-order valence-electron chi connectivity index (χ4n) is 5.98. The Kier molecular flexibility index (Phi) is 9.54. The number of carbonyl (C=O) groups excluding carboxylic acids is 2. The van der Waals surface area contributed by atoms with Gasteiger partial charge in [0.15, 0.2) is 5.78 Å². The standard InChI is InChI=1S/C38H34F3N3O2S/c39-31-12-10-26(11-13-31)33-21-29(25-6-8-28(9-7-25)36(46)27-3-1-2-17-38(40,41)18-16-27)19-30-20-32(47-37(30)33)23-44-35(45)15-5-24-4-14-34(42)43-22-24/h4-15,19-22,27H,1-3,16-18,23H2,(H2,42,43)(H,44,45)/b15-5+. The van der Waals surface area contributed by atoms with Crippen LogP contribution < -0.4 is 11.1 Å². The summed E-state index contributed by atoms with van der Waals surface area (Å²) >= 11 is 1.56. The molecule has 6 rings (SSSR count). The van der Waals surface area contributed by atoms with E-state index < -0.39 is 11.8 Å². The van der Waals surface area contributed by atoms with Crippen molar-refractivity contribution < 1.29 is 22.8 Å². The first-order chi connectivity index (χ1) is 22.6. The van der Waals surface area contributed by atoms with Crippen LogP contribution in [-0.4, -0.2) is 22.6 Å². The highest BCUT2D eigenvalue weighted by Gasteiger charge is 2.33. The number of hydrogen-bond donors (Lipinski definition) is 2. The number of Topliss-reactive ketones (excluding diaryl/α,β-unsaturated/α-hetero) is 1. The minimum atomic E-state index is -2.70. The van der Waals surface area contributed by atoms with Gasteiger partial charge in [-0.2, -0.15) is 0 Å². The van der Waals surface area contributed by atoms with Crippen LogP contribution in [0.2, 0.25) is 0 Å². The van der Waals surface area contributed by atoms with Gasteiger partial charge in [-0.05, 0) is 95.4 Å². The van der Waals surface area contributed by atoms with Crippen molar-refractivity contribution in [1.82, 2.24) is 10.3 Å². The van der Waals surface area contributed by atoms with Crippen LogP contribution >= 0.6 is 11.3 Å². The number of benzene rings is 3. The molecule has 0 saturated heterocycles. The zero-order valence-electron chi connectivity index (χ0n) is 25.6. The highest BCUT2D eigenvalue weighted by atomic mass is 32.1. The van der Waals surface area contributed by atoms with Gasteiger partial charge in [0.05, 0.1) is 6.54 Å². The van der Waals surface area contributed by atoms with E-state index in [1.165, 1.54) is 18.2 Å². The van der Waals surface area contributed by atoms with Crippen molar-refractivity contribution >= 4 is 45.0 Å². The number of anilines is 1. The van der Waals surface area contributed by atoms with Crippen molar-refractivity contribution in [3.8, 4) is 22.3 Å². The number of pyridine rings is 1. The molecule has 0 bridgehead atoms. The van der Waals surface area contributed by atoms with Crippen LogP contribution in [0, 0.1) is 11.7 Å². The lowest BCUT2D eigenvalue weighted by Gasteiger charge is -2.24. The summed E-state index contributed by atoms with van der Waals surface area (Å²) in [4.78, 5) is 30.8. The van der Waals surface area contributed by atoms with Crippen LogP contribution in [0.3, 0.4) is 0 Å². The highest BCUT2D eigenvalue weighted by Crippen LogP contribution is 2.39. The number of nitrogens with two attached hydrogens (primary N) is 1. The number of halogens is 3. The number of ketones is 1. The second-order valence-electron chi connectivity index (χ2n) is 12.0. The minimum Gasteiger partial charge on any atom is -0.384 e. The number of fused-ring (bicyclic) bond motifs is 1. The third-order valence-corrected chi connectivity index (χ3v) is 9.76. The zero-order valence-corrected chi connectivity index (χ0v) is 26.5. The first kappa shape index (κ1) is 32.2. The molecule has 0 radical (unpaired) electrons. The Morgan fingerprint density at radius 3 is 2.43 bits per heavy atom. The molecule has 1 amide bonds. The Morgan fingerprint density at radius 1 is 0.915 bits per heavy atom. The third kappa shape index (κ3) is 7.97. The number of nitrogen functional groups attached to an aromatic ring is 1. The third-order valence-electron chi connectivity index (χ3n) is 8.57. The molecule has 9 heteroatoms. The summed E-state index contributed by atoms with van der Waals surface area (Å²) in [6.45, 7) is 0.324. The molecule has 5 aromatic rings. The summed E-state index contributed by atoms with van der Waals surface area (Å²) in [6, 6.07) is 23.3. The van der Waals surface area contributed by atoms with Crippen LogP contribution in [0.4, 0.5) is 19.0 Å². The van der Waals surface area contributed by atoms with Gasteiger partial charge in [-0.15, -0.1) is 11.3 Å². The number of nitrogens with zero attached hydrogens (tertiary/aromatic N) is 1. The molecule has 3 aromatic carbocycles. The van der Waals surface area contributed by atoms with Gasteiger partial charge in [-0.1, -0.05) is 42.8 Å². The van der Waals surface area contributed by atoms with E-state index in [4.69, 9.17) is 5.73 Å². The average Bonchev–Trinajstić information content (AvgIpc) is 3.49. The van der Waals surface area contributed by atoms with Crippen molar-refractivity contribution in [3.05, 3.63) is 113 Å². The van der Waals surface area contributed by atoms with Crippen LogP contribution in [0.5, 0.6) is 0 Å². The molecular formula is C38H34F3N3O2S. The van der Waals surface area contributed by atoms with Crippen LogP contribution in [-0.2, 0) is 11.3 Å². The van der Waals surface area contributed by atoms with E-state index in [0.717, 1.165) is 42.8 Å². The van der Waals surface area contributed by atoms with E-state index >= 15 is 0 Å². The minimum absolute atomic E-state index is 0.0822. The molecule has 240 valence electrons. The molecule has 3 N–H and O–H groups in total. The lowest BCUT2D eigenvalue weighted by molar-refractivity contribution is -0.116. The van der Waals surface area contributed by atoms with E-state index in [0.29, 0.717) is 37.2 Å². The first-order valence-electron chi connectivity index (χ1n) is 15.7. The van der Waals surface area contributed by atoms with Gasteiger partial charge < -0.3 is 11.1 Å². The number of nitrogens with one attached hydrogen (secondary N) is 1. The summed E-state index contributed by atoms with van der Waals surface area (Å²) in [5.74, 6) is -3.36. The highest BCUT2D eigenvalue weighted by molar-refractivity contribution is 7.19. The number of aromatic nitrogens is 1. The van der Waals surface area contributed by atoms with E-state index in [2.05, 4.69) is 16.4 Å². The molecule has 47 heavy (non-hydrogen) atoms. The fraction of sp³-hybridized carbons (Fsp3) is 0.237. The van der Waals surface area contributed by atoms with Gasteiger partial charge in [-0.3, -0.25) is 9.59 Å². The number of amides is 1. The van der Waals surface area contributed by atoms with Crippen molar-refractivity contribution in [3.63, 3.8) is 0 Å². The zero-order chi connectivity index (χ0) is 33.0. The summed E-state index contributed by atoms with van der Waals surface area (Å²) in [6.07, 6.45) is 6.24. The Bertz CT molecular complexity index is 1920. The molecule has 5 nitrogen and oxygen atoms in total. The SMILES string of the molecule is Nc1ccc(/C=C/C(=O)NCc2cc3cc(-c4ccc(C(=O)C5CCCCC(F)(F)CC5)cc4)cc(-c4ccc(F)cc4)c3s2)cn1. The predicted octanol–water partition coefficient (Wildman–Crippen LogP) is 9.47. The van der Waals surface area contributed by atoms with Crippen molar-refractivity contribution in [2.24, 2.45) is 5.92 Å². The second-order valence-corrected chi connectivity index (χ2v) is 13.1. The largest absolute Gasteiger partial charge is 0.384 e. The fourth-order valence-corrected chi connectivity index (χ4v) is 7.09. The number of rotatable bonds is 8. The molecule has 2 heterocycles. The lowest BCUT2D eigenvalue weighted by atomic mass is 9.84. The molecule has 1 aliphatic carbocycles. The van der Waals surface area contributed by atoms with E-state index in [-0.39, 0.29) is 36.8 Å². The number of carbonyl (C=O) groups is 2. The lowest BCUT2D eigenvalue weighted by Crippen LogP contribution is -2.24. The van der Waals surface area contributed by atoms with Crippen LogP contribution in [0.1, 0.15) is 59.3 Å². The van der Waals surface area contributed by atoms with Crippen LogP contribution in [0.25, 0.3) is 38.4 Å². The van der Waals surface area contributed by atoms with E-state index in [1.54, 1.807) is 60.0 Å². The van der Waals surface area contributed by atoms with E-state index in [1.807, 2.05) is 24.3 Å². The molecule has 1 unspecified atom stereocenters. The smallest absolute Gasteiger partial charge is 0.248 e. The average molecular weight is 654 g/mol. The van der Waals surface area contributed by atoms with Crippen LogP contribution in [0.15, 0.2) is 91.1 Å². The molecule has 1 fully saturated rings. The van der Waals surface area contributed by atoms with Gasteiger partial charge in [0.2, 0.25) is 11.8 Å². The molecular weight excluding hydrogens is 619 g/mol. The summed E-state index contributed by atoms with van der Waals surface area (Å²) < 4.78 is 42.9. The van der Waals surface area contributed by atoms with Gasteiger partial charge >= 0.3 is 0 Å². The maximum absolute atomic E-state index is 14.0. The monoisotopic (exact) mass is 653 g/mol. The molecule has 1 aliphatic rings. The van der Waals surface area contributed by atoms with Gasteiger partial charge in [-0.25, -0.2) is 18.2 Å². The molecule has 2 aromatic heterocycles. The number of hydrogen-bond acceptors (Lipinski definition) is 5. The van der Waals surface area contributed by atoms with Crippen molar-refractivity contribution in [2.75, 3.05) is 5.73 Å². The molecule has 1 atom stereocenters. The second kappa shape index (κ2) is 13.9. The summed E-state index contributed by atoms with van der Waals surface area (Å²) in [5, 5.41) is 3.89. The number of alkyl halides is 2. The maximum atomic E-state index is 14.0. The van der Waals surface area contributed by atoms with E-state index in [9.17, 15) is 22.8 Å². The first-order valence-corrected chi connectivity index (χ1v) is 16.5. The van der Waals surface area contributed by atoms with Crippen molar-refractivity contribution in [1.29, 1.82) is 0 Å². The maximum Gasteiger partial charge on any atom is 0.248 e. The Balaban J connectivity index is 1.24. The Labute approximate surface area is 275 Å². The molecule has 1 saturated carbocycles. The Morgan fingerprint density at radius 2 is 1.68 bits per heavy atom.